The fourth-order valence-electron chi connectivity index (χ4n) is 4.66. The third kappa shape index (κ3) is 5.88. The van der Waals surface area contributed by atoms with Crippen molar-refractivity contribution in [1.82, 2.24) is 5.32 Å². The first-order valence-electron chi connectivity index (χ1n) is 13.4. The average Bonchev–Trinajstić information content (AvgIpc) is 3.21. The van der Waals surface area contributed by atoms with E-state index in [1.165, 1.54) is 11.9 Å². The summed E-state index contributed by atoms with van der Waals surface area (Å²) in [6, 6.07) is 26.8. The van der Waals surface area contributed by atoms with Crippen LogP contribution in [-0.2, 0) is 9.59 Å². The van der Waals surface area contributed by atoms with Crippen molar-refractivity contribution in [2.24, 2.45) is 5.10 Å². The second-order valence-electron chi connectivity index (χ2n) is 9.56. The molecule has 0 aliphatic carbocycles. The lowest BCUT2D eigenvalue weighted by Crippen LogP contribution is -2.64. The summed E-state index contributed by atoms with van der Waals surface area (Å²) in [5.74, 6) is -0.722. The highest BCUT2D eigenvalue weighted by Crippen LogP contribution is 2.32. The standard InChI is InChI=1S/C31H37N5O2/c1-4-6-22-35(23-7-5-2)27-20-18-26(19-21-27)33-31(32-24(3)37)29(25-14-10-8-11-15-25)34-36(30(31)38)28-16-12-9-13-17-28/h8-21,33H,4-7,22-23H2,1-3H3,(H,32,37). The number of para-hydroxylation sites is 1. The lowest BCUT2D eigenvalue weighted by molar-refractivity contribution is -0.127. The molecule has 1 heterocycles. The molecule has 1 unspecified atom stereocenters. The monoisotopic (exact) mass is 511 g/mol. The Balaban J connectivity index is 1.72. The highest BCUT2D eigenvalue weighted by Gasteiger charge is 2.53. The lowest BCUT2D eigenvalue weighted by Gasteiger charge is -2.32. The van der Waals surface area contributed by atoms with Crippen LogP contribution in [0, 0.1) is 0 Å². The minimum Gasteiger partial charge on any atom is -0.372 e. The Kier molecular flexibility index (Phi) is 8.79. The molecule has 1 atom stereocenters. The molecule has 0 saturated heterocycles. The number of benzene rings is 3. The highest BCUT2D eigenvalue weighted by atomic mass is 16.2. The summed E-state index contributed by atoms with van der Waals surface area (Å²) < 4.78 is 0. The van der Waals surface area contributed by atoms with Crippen molar-refractivity contribution in [2.75, 3.05) is 28.3 Å². The zero-order valence-electron chi connectivity index (χ0n) is 22.5. The molecule has 3 aromatic rings. The maximum atomic E-state index is 14.1. The summed E-state index contributed by atoms with van der Waals surface area (Å²) in [6.07, 6.45) is 4.55. The SMILES string of the molecule is CCCCN(CCCC)c1ccc(NC2(NC(C)=O)C(=O)N(c3ccccc3)N=C2c2ccccc2)cc1. The van der Waals surface area contributed by atoms with Gasteiger partial charge in [0.05, 0.1) is 5.69 Å². The van der Waals surface area contributed by atoms with E-state index < -0.39 is 5.66 Å². The molecule has 1 aliphatic rings. The molecule has 4 rings (SSSR count). The van der Waals surface area contributed by atoms with E-state index in [1.54, 1.807) is 0 Å². The minimum atomic E-state index is -1.57. The van der Waals surface area contributed by atoms with Crippen LogP contribution in [0.15, 0.2) is 90.0 Å². The van der Waals surface area contributed by atoms with Gasteiger partial charge in [0.2, 0.25) is 11.6 Å². The zero-order valence-corrected chi connectivity index (χ0v) is 22.5. The summed E-state index contributed by atoms with van der Waals surface area (Å²) in [6.45, 7) is 7.83. The van der Waals surface area contributed by atoms with E-state index in [0.29, 0.717) is 17.1 Å². The third-order valence-electron chi connectivity index (χ3n) is 6.61. The Bertz CT molecular complexity index is 1240. The van der Waals surface area contributed by atoms with Gasteiger partial charge in [-0.15, -0.1) is 0 Å². The van der Waals surface area contributed by atoms with Gasteiger partial charge < -0.3 is 15.5 Å². The predicted octanol–water partition coefficient (Wildman–Crippen LogP) is 5.79. The van der Waals surface area contributed by atoms with Crippen molar-refractivity contribution in [2.45, 2.75) is 52.1 Å². The van der Waals surface area contributed by atoms with E-state index in [-0.39, 0.29) is 11.8 Å². The first-order valence-corrected chi connectivity index (χ1v) is 13.4. The lowest BCUT2D eigenvalue weighted by atomic mass is 9.95. The Morgan fingerprint density at radius 1 is 0.868 bits per heavy atom. The Morgan fingerprint density at radius 3 is 2.00 bits per heavy atom. The third-order valence-corrected chi connectivity index (χ3v) is 6.61. The first kappa shape index (κ1) is 26.9. The number of carbonyl (C=O) groups excluding carboxylic acids is 2. The largest absolute Gasteiger partial charge is 0.372 e. The number of rotatable bonds is 12. The van der Waals surface area contributed by atoms with Crippen LogP contribution >= 0.6 is 0 Å². The molecule has 0 fully saturated rings. The van der Waals surface area contributed by atoms with Gasteiger partial charge in [-0.25, -0.2) is 0 Å². The number of amides is 2. The molecular weight excluding hydrogens is 474 g/mol. The molecule has 0 saturated carbocycles. The normalized spacial score (nSPS) is 16.8. The van der Waals surface area contributed by atoms with Crippen LogP contribution in [-0.4, -0.2) is 36.3 Å². The summed E-state index contributed by atoms with van der Waals surface area (Å²) in [5.41, 5.74) is 2.07. The fraction of sp³-hybridized carbons (Fsp3) is 0.323. The molecular formula is C31H37N5O2. The van der Waals surface area contributed by atoms with Crippen LogP contribution in [0.4, 0.5) is 17.1 Å². The van der Waals surface area contributed by atoms with E-state index in [4.69, 9.17) is 5.10 Å². The molecule has 7 heteroatoms. The van der Waals surface area contributed by atoms with E-state index in [2.05, 4.69) is 41.5 Å². The van der Waals surface area contributed by atoms with Crippen LogP contribution in [0.3, 0.4) is 0 Å². The quantitative estimate of drug-likeness (QED) is 0.302. The maximum Gasteiger partial charge on any atom is 0.300 e. The molecule has 0 radical (unpaired) electrons. The van der Waals surface area contributed by atoms with Gasteiger partial charge in [0.15, 0.2) is 0 Å². The molecule has 198 valence electrons. The Hall–Kier alpha value is -4.13. The van der Waals surface area contributed by atoms with Gasteiger partial charge in [-0.05, 0) is 49.2 Å². The number of unbranched alkanes of at least 4 members (excludes halogenated alkanes) is 2. The molecule has 38 heavy (non-hydrogen) atoms. The van der Waals surface area contributed by atoms with Crippen LogP contribution in [0.2, 0.25) is 0 Å². The molecule has 7 nitrogen and oxygen atoms in total. The number of hydrogen-bond donors (Lipinski definition) is 2. The fourth-order valence-corrected chi connectivity index (χ4v) is 4.66. The highest BCUT2D eigenvalue weighted by molar-refractivity contribution is 6.30. The number of hydrazone groups is 1. The smallest absolute Gasteiger partial charge is 0.300 e. The van der Waals surface area contributed by atoms with Gasteiger partial charge in [0.1, 0.15) is 5.71 Å². The van der Waals surface area contributed by atoms with Crippen LogP contribution < -0.4 is 20.5 Å². The van der Waals surface area contributed by atoms with Crippen LogP contribution in [0.5, 0.6) is 0 Å². The summed E-state index contributed by atoms with van der Waals surface area (Å²) in [5, 5.41) is 12.4. The van der Waals surface area contributed by atoms with Crippen molar-refractivity contribution in [3.8, 4) is 0 Å². The second-order valence-corrected chi connectivity index (χ2v) is 9.56. The molecule has 0 spiro atoms. The first-order chi connectivity index (χ1) is 18.5. The van der Waals surface area contributed by atoms with Gasteiger partial charge in [-0.2, -0.15) is 10.1 Å². The number of nitrogens with one attached hydrogen (secondary N) is 2. The van der Waals surface area contributed by atoms with Gasteiger partial charge >= 0.3 is 5.91 Å². The molecule has 2 N–H and O–H groups in total. The Morgan fingerprint density at radius 2 is 1.45 bits per heavy atom. The van der Waals surface area contributed by atoms with Crippen molar-refractivity contribution in [1.29, 1.82) is 0 Å². The van der Waals surface area contributed by atoms with Crippen molar-refractivity contribution >= 4 is 34.6 Å². The van der Waals surface area contributed by atoms with Crippen molar-refractivity contribution < 1.29 is 9.59 Å². The number of carbonyl (C=O) groups is 2. The molecule has 0 aromatic heterocycles. The summed E-state index contributed by atoms with van der Waals surface area (Å²) >= 11 is 0. The molecule has 2 amide bonds. The number of nitrogens with zero attached hydrogens (tertiary/aromatic N) is 3. The van der Waals surface area contributed by atoms with Gasteiger partial charge in [0.25, 0.3) is 0 Å². The van der Waals surface area contributed by atoms with Gasteiger partial charge in [-0.3, -0.25) is 9.59 Å². The van der Waals surface area contributed by atoms with Gasteiger partial charge in [-0.1, -0.05) is 75.2 Å². The molecule has 1 aliphatic heterocycles. The van der Waals surface area contributed by atoms with Crippen LogP contribution in [0.25, 0.3) is 0 Å². The molecule has 0 bridgehead atoms. The van der Waals surface area contributed by atoms with E-state index in [1.807, 2.05) is 72.8 Å². The number of anilines is 3. The summed E-state index contributed by atoms with van der Waals surface area (Å²) in [4.78, 5) is 29.0. The topological polar surface area (TPSA) is 77.0 Å². The van der Waals surface area contributed by atoms with E-state index in [0.717, 1.165) is 50.0 Å². The number of hydrogen-bond acceptors (Lipinski definition) is 5. The Labute approximate surface area is 225 Å². The minimum absolute atomic E-state index is 0.341. The maximum absolute atomic E-state index is 14.1. The predicted molar refractivity (Wildman–Crippen MR) is 156 cm³/mol. The van der Waals surface area contributed by atoms with E-state index in [9.17, 15) is 9.59 Å². The van der Waals surface area contributed by atoms with Crippen molar-refractivity contribution in [3.05, 3.63) is 90.5 Å². The van der Waals surface area contributed by atoms with Crippen molar-refractivity contribution in [3.63, 3.8) is 0 Å². The van der Waals surface area contributed by atoms with E-state index >= 15 is 0 Å². The average molecular weight is 512 g/mol. The van der Waals surface area contributed by atoms with Gasteiger partial charge in [0, 0.05) is 37.0 Å². The van der Waals surface area contributed by atoms with Crippen LogP contribution in [0.1, 0.15) is 52.0 Å². The second kappa shape index (κ2) is 12.4. The summed E-state index contributed by atoms with van der Waals surface area (Å²) in [7, 11) is 0. The molecule has 3 aromatic carbocycles. The zero-order chi connectivity index (χ0) is 27.0.